The van der Waals surface area contributed by atoms with Gasteiger partial charge < -0.3 is 60.3 Å². The van der Waals surface area contributed by atoms with Crippen LogP contribution < -0.4 is 66.0 Å². The highest BCUT2D eigenvalue weighted by molar-refractivity contribution is 8.76. The standard InChI is InChI=1S/C40H66N12O12S12.4CH4/c1-41-29(65)59-23(17-71-7)11-47-35(53)48(12-24(18-72-8)60-30(66)42-2)38(56)51(37(47)55)15-27(63-33(69)45-5)21-75-76-22-28(64-34(70)46-6)16-52-39(57)49(13-25(19-73-9)61-31(67)43-3)36(54)50(40(52)58)14-26(20-74-10)62-32(68)44-4;;;;/h23-28H,11-22H2,1-10H3,(H,41,65)(H,42,66)(H,43,67)(H,44,68)(H,45,69)(H,46,70);4*1H4. The Kier molecular flexibility index (Phi) is 44.4. The number of thioether (sulfide) groups is 4. The summed E-state index contributed by atoms with van der Waals surface area (Å²) in [6.45, 7) is -1.88. The highest BCUT2D eigenvalue weighted by atomic mass is 33.1. The Morgan fingerprint density at radius 2 is 0.463 bits per heavy atom. The quantitative estimate of drug-likeness (QED) is 0.0359. The molecule has 462 valence electrons. The zero-order valence-electron chi connectivity index (χ0n) is 43.4. The van der Waals surface area contributed by atoms with E-state index in [0.29, 0.717) is 23.0 Å². The van der Waals surface area contributed by atoms with Crippen molar-refractivity contribution in [2.45, 2.75) is 106 Å². The van der Waals surface area contributed by atoms with Crippen LogP contribution in [0.1, 0.15) is 29.7 Å². The van der Waals surface area contributed by atoms with E-state index in [1.54, 1.807) is 28.2 Å². The van der Waals surface area contributed by atoms with Gasteiger partial charge in [0.2, 0.25) is 0 Å². The fraction of sp³-hybridized carbons (Fsp3) is 0.727. The minimum atomic E-state index is -0.983. The molecule has 0 spiro atoms. The molecule has 0 saturated carbocycles. The molecule has 2 aromatic rings. The van der Waals surface area contributed by atoms with Crippen LogP contribution in [0.4, 0.5) is 0 Å². The third-order valence-corrected chi connectivity index (χ3v) is 17.1. The second-order valence-electron chi connectivity index (χ2n) is 15.4. The lowest BCUT2D eigenvalue weighted by Crippen LogP contribution is -2.58. The molecule has 0 fully saturated rings. The highest BCUT2D eigenvalue weighted by Crippen LogP contribution is 2.25. The second-order valence-corrected chi connectivity index (χ2v) is 23.8. The molecule has 0 bridgehead atoms. The lowest BCUT2D eigenvalue weighted by atomic mass is 10.3. The van der Waals surface area contributed by atoms with Gasteiger partial charge in [-0.1, -0.05) is 51.3 Å². The van der Waals surface area contributed by atoms with Gasteiger partial charge in [0.25, 0.3) is 31.0 Å². The maximum Gasteiger partial charge on any atom is 0.336 e. The van der Waals surface area contributed by atoms with E-state index in [-0.39, 0.29) is 112 Å². The molecule has 0 radical (unpaired) electrons. The molecule has 24 nitrogen and oxygen atoms in total. The van der Waals surface area contributed by atoms with Crippen LogP contribution in [-0.2, 0) is 67.7 Å². The Bertz CT molecular complexity index is 2320. The van der Waals surface area contributed by atoms with Gasteiger partial charge in [0.1, 0.15) is 36.6 Å². The molecular weight excluding hydrogens is 1270 g/mol. The Balaban J connectivity index is -0.0000148. The molecule has 0 amide bonds. The SMILES string of the molecule is C.C.C.C.CNC(=S)OC(CSC)Cn1c(=O)n(CC(CSC)OC(=S)NC)c(=O)n(CC(CSSCC(Cn2c(=O)n(CC(CSC)OC(=S)NC)c(=O)n(CC(CSC)OC(=S)NC)c2=O)OC(=S)NC)OC(=S)NC)c1=O. The summed E-state index contributed by atoms with van der Waals surface area (Å²) in [5, 5.41) is 16.5. The number of hydrogen-bond acceptors (Lipinski definition) is 24. The van der Waals surface area contributed by atoms with Gasteiger partial charge in [-0.2, -0.15) is 47.0 Å². The van der Waals surface area contributed by atoms with E-state index >= 15 is 0 Å². The molecule has 0 aromatic carbocycles. The topological polar surface area (TPSA) is 260 Å². The Morgan fingerprint density at radius 1 is 0.325 bits per heavy atom. The van der Waals surface area contributed by atoms with E-state index < -0.39 is 70.8 Å². The van der Waals surface area contributed by atoms with Gasteiger partial charge in [-0.25, -0.2) is 56.2 Å². The number of hydrogen-bond donors (Lipinski definition) is 6. The summed E-state index contributed by atoms with van der Waals surface area (Å²) >= 11 is 37.4. The Labute approximate surface area is 526 Å². The summed E-state index contributed by atoms with van der Waals surface area (Å²) in [5.74, 6) is 1.45. The number of rotatable bonds is 31. The van der Waals surface area contributed by atoms with Crippen LogP contribution in [-0.4, -0.2) is 197 Å². The number of ether oxygens (including phenoxy) is 6. The molecule has 2 rings (SSSR count). The normalized spacial score (nSPS) is 12.7. The largest absolute Gasteiger partial charge is 0.465 e. The number of nitrogens with zero attached hydrogens (tertiary/aromatic N) is 6. The monoisotopic (exact) mass is 1350 g/mol. The third kappa shape index (κ3) is 26.7. The molecule has 80 heavy (non-hydrogen) atoms. The zero-order valence-corrected chi connectivity index (χ0v) is 53.2. The fourth-order valence-corrected chi connectivity index (χ4v) is 11.8. The van der Waals surface area contributed by atoms with Crippen LogP contribution in [0.5, 0.6) is 0 Å². The van der Waals surface area contributed by atoms with E-state index in [1.165, 1.54) is 82.7 Å². The maximum absolute atomic E-state index is 14.4. The van der Waals surface area contributed by atoms with Crippen molar-refractivity contribution in [3.63, 3.8) is 0 Å². The minimum Gasteiger partial charge on any atom is -0.465 e. The van der Waals surface area contributed by atoms with E-state index in [0.717, 1.165) is 27.4 Å². The summed E-state index contributed by atoms with van der Waals surface area (Å²) in [6, 6.07) is 0. The molecule has 0 aliphatic heterocycles. The average molecular weight is 1360 g/mol. The van der Waals surface area contributed by atoms with Gasteiger partial charge >= 0.3 is 34.1 Å². The third-order valence-electron chi connectivity index (χ3n) is 9.96. The van der Waals surface area contributed by atoms with Gasteiger partial charge in [-0.15, -0.1) is 0 Å². The smallest absolute Gasteiger partial charge is 0.336 e. The van der Waals surface area contributed by atoms with Crippen LogP contribution in [0, 0.1) is 0 Å². The highest BCUT2D eigenvalue weighted by Gasteiger charge is 2.28. The average Bonchev–Trinajstić information content (AvgIpc) is 3.39. The van der Waals surface area contributed by atoms with E-state index in [2.05, 4.69) is 31.9 Å². The summed E-state index contributed by atoms with van der Waals surface area (Å²) in [4.78, 5) is 86.1. The Morgan fingerprint density at radius 3 is 0.588 bits per heavy atom. The van der Waals surface area contributed by atoms with Crippen molar-refractivity contribution in [3.05, 3.63) is 62.9 Å². The second kappa shape index (κ2) is 43.7. The van der Waals surface area contributed by atoms with Crippen molar-refractivity contribution < 1.29 is 28.4 Å². The first kappa shape index (κ1) is 81.3. The van der Waals surface area contributed by atoms with Gasteiger partial charge in [0.05, 0.1) is 39.3 Å². The van der Waals surface area contributed by atoms with Crippen molar-refractivity contribution >= 4 is 173 Å². The molecule has 0 aliphatic carbocycles. The minimum absolute atomic E-state index is 0. The molecule has 6 N–H and O–H groups in total. The van der Waals surface area contributed by atoms with Crippen LogP contribution >= 0.6 is 142 Å². The number of thiocarbonyl (C=S) groups is 6. The molecule has 6 atom stereocenters. The van der Waals surface area contributed by atoms with Gasteiger partial charge in [-0.3, -0.25) is 0 Å². The fourth-order valence-electron chi connectivity index (χ4n) is 6.52. The van der Waals surface area contributed by atoms with Crippen molar-refractivity contribution in [2.24, 2.45) is 0 Å². The predicted octanol–water partition coefficient (Wildman–Crippen LogP) is 2.07. The molecule has 36 heteroatoms. The molecule has 0 saturated heterocycles. The summed E-state index contributed by atoms with van der Waals surface area (Å²) in [5.41, 5.74) is -5.57. The Hall–Kier alpha value is -2.94. The van der Waals surface area contributed by atoms with Crippen LogP contribution in [0.25, 0.3) is 0 Å². The van der Waals surface area contributed by atoms with E-state index in [1.807, 2.05) is 25.0 Å². The van der Waals surface area contributed by atoms with Crippen molar-refractivity contribution in [1.82, 2.24) is 59.3 Å². The lowest BCUT2D eigenvalue weighted by Gasteiger charge is -2.25. The predicted molar refractivity (Wildman–Crippen MR) is 363 cm³/mol. The van der Waals surface area contributed by atoms with Gasteiger partial charge in [0.15, 0.2) is 0 Å². The van der Waals surface area contributed by atoms with Gasteiger partial charge in [-0.05, 0) is 98.3 Å². The van der Waals surface area contributed by atoms with Crippen LogP contribution in [0.15, 0.2) is 28.8 Å². The first-order chi connectivity index (χ1) is 36.2. The van der Waals surface area contributed by atoms with Crippen molar-refractivity contribution in [2.75, 3.05) is 102 Å². The summed E-state index contributed by atoms with van der Waals surface area (Å²) in [7, 11) is 11.8. The number of nitrogens with one attached hydrogen (secondary N) is 6. The lowest BCUT2D eigenvalue weighted by molar-refractivity contribution is 0.160. The molecule has 2 heterocycles. The first-order valence-corrected chi connectivity index (χ1v) is 33.1. The van der Waals surface area contributed by atoms with Gasteiger partial charge in [0, 0.05) is 76.8 Å². The van der Waals surface area contributed by atoms with E-state index in [9.17, 15) is 28.8 Å². The molecular formula is C44H82N12O12S12. The van der Waals surface area contributed by atoms with Crippen molar-refractivity contribution in [3.8, 4) is 0 Å². The first-order valence-electron chi connectivity index (χ1n) is 22.6. The van der Waals surface area contributed by atoms with Crippen molar-refractivity contribution in [1.29, 1.82) is 0 Å². The summed E-state index contributed by atoms with van der Waals surface area (Å²) in [6.07, 6.45) is 2.27. The van der Waals surface area contributed by atoms with Crippen LogP contribution in [0.3, 0.4) is 0 Å². The molecule has 2 aromatic heterocycles. The zero-order chi connectivity index (χ0) is 57.1. The number of aromatic nitrogens is 6. The van der Waals surface area contributed by atoms with E-state index in [4.69, 9.17) is 102 Å². The van der Waals surface area contributed by atoms with Crippen LogP contribution in [0.2, 0.25) is 0 Å². The maximum atomic E-state index is 14.4. The molecule has 0 aliphatic rings. The molecule has 6 unspecified atom stereocenters. The summed E-state index contributed by atoms with van der Waals surface area (Å²) < 4.78 is 41.0.